The fourth-order valence-electron chi connectivity index (χ4n) is 4.88. The summed E-state index contributed by atoms with van der Waals surface area (Å²) in [7, 11) is 0. The summed E-state index contributed by atoms with van der Waals surface area (Å²) in [4.78, 5) is 41.3. The van der Waals surface area contributed by atoms with Gasteiger partial charge in [0.1, 0.15) is 0 Å². The minimum absolute atomic E-state index is 0.0301. The lowest BCUT2D eigenvalue weighted by Gasteiger charge is -2.36. The summed E-state index contributed by atoms with van der Waals surface area (Å²) in [6.45, 7) is 2.42. The molecule has 0 unspecified atom stereocenters. The van der Waals surface area contributed by atoms with Gasteiger partial charge in [-0.2, -0.15) is 0 Å². The van der Waals surface area contributed by atoms with Crippen molar-refractivity contribution in [1.29, 1.82) is 0 Å². The highest BCUT2D eigenvalue weighted by Gasteiger charge is 2.30. The van der Waals surface area contributed by atoms with Crippen LogP contribution in [0.4, 0.5) is 0 Å². The van der Waals surface area contributed by atoms with Crippen LogP contribution in [0.5, 0.6) is 0 Å². The molecule has 5 nitrogen and oxygen atoms in total. The minimum atomic E-state index is 0.0301. The normalized spacial score (nSPS) is 19.7. The van der Waals surface area contributed by atoms with Crippen LogP contribution in [0.15, 0.2) is 18.2 Å². The molecule has 0 bridgehead atoms. The number of benzene rings is 1. The van der Waals surface area contributed by atoms with Crippen LogP contribution in [-0.4, -0.2) is 53.6 Å². The number of nitrogens with zero attached hydrogens (tertiary/aromatic N) is 2. The van der Waals surface area contributed by atoms with E-state index >= 15 is 0 Å². The van der Waals surface area contributed by atoms with Gasteiger partial charge in [0.05, 0.1) is 0 Å². The van der Waals surface area contributed by atoms with Gasteiger partial charge in [0.25, 0.3) is 0 Å². The molecule has 1 heterocycles. The first-order valence-corrected chi connectivity index (χ1v) is 10.8. The van der Waals surface area contributed by atoms with E-state index in [1.807, 2.05) is 21.9 Å². The van der Waals surface area contributed by atoms with Gasteiger partial charge in [-0.05, 0) is 49.3 Å². The molecule has 1 saturated heterocycles. The Labute approximate surface area is 167 Å². The Morgan fingerprint density at radius 3 is 2.25 bits per heavy atom. The number of rotatable bonds is 5. The number of fused-ring (bicyclic) bond motifs is 1. The molecule has 5 heteroatoms. The van der Waals surface area contributed by atoms with Crippen LogP contribution in [-0.2, 0) is 22.4 Å². The summed E-state index contributed by atoms with van der Waals surface area (Å²) in [6, 6.07) is 5.99. The Kier molecular flexibility index (Phi) is 5.79. The van der Waals surface area contributed by atoms with Crippen molar-refractivity contribution in [2.45, 2.75) is 57.8 Å². The van der Waals surface area contributed by atoms with Crippen LogP contribution in [0.3, 0.4) is 0 Å². The Bertz CT molecular complexity index is 759. The van der Waals surface area contributed by atoms with Crippen LogP contribution in [0.25, 0.3) is 0 Å². The molecule has 3 aliphatic rings. The highest BCUT2D eigenvalue weighted by Crippen LogP contribution is 2.27. The number of amides is 2. The average Bonchev–Trinajstić information content (AvgIpc) is 3.42. The minimum Gasteiger partial charge on any atom is -0.339 e. The molecule has 1 saturated carbocycles. The van der Waals surface area contributed by atoms with E-state index in [1.54, 1.807) is 0 Å². The van der Waals surface area contributed by atoms with E-state index in [-0.39, 0.29) is 36.4 Å². The van der Waals surface area contributed by atoms with E-state index in [0.29, 0.717) is 26.2 Å². The number of aryl methyl sites for hydroxylation is 2. The van der Waals surface area contributed by atoms with Crippen LogP contribution >= 0.6 is 0 Å². The maximum Gasteiger partial charge on any atom is 0.225 e. The molecule has 0 atom stereocenters. The van der Waals surface area contributed by atoms with Gasteiger partial charge in [-0.25, -0.2) is 0 Å². The fourth-order valence-corrected chi connectivity index (χ4v) is 4.88. The Hall–Kier alpha value is -2.17. The van der Waals surface area contributed by atoms with Gasteiger partial charge in [0.2, 0.25) is 11.8 Å². The number of ketones is 1. The number of hydrogen-bond acceptors (Lipinski definition) is 3. The number of hydrogen-bond donors (Lipinski definition) is 0. The second-order valence-corrected chi connectivity index (χ2v) is 8.45. The lowest BCUT2D eigenvalue weighted by Crippen LogP contribution is -2.51. The summed E-state index contributed by atoms with van der Waals surface area (Å²) < 4.78 is 0. The molecule has 150 valence electrons. The lowest BCUT2D eigenvalue weighted by molar-refractivity contribution is -0.142. The monoisotopic (exact) mass is 382 g/mol. The number of piperazine rings is 1. The molecule has 2 aliphatic carbocycles. The molecule has 2 amide bonds. The predicted molar refractivity (Wildman–Crippen MR) is 107 cm³/mol. The Morgan fingerprint density at radius 2 is 1.50 bits per heavy atom. The van der Waals surface area contributed by atoms with Crippen LogP contribution in [0.1, 0.15) is 66.4 Å². The maximum absolute atomic E-state index is 12.5. The summed E-state index contributed by atoms with van der Waals surface area (Å²) in [5, 5.41) is 0. The van der Waals surface area contributed by atoms with Crippen LogP contribution < -0.4 is 0 Å². The fraction of sp³-hybridized carbons (Fsp3) is 0.609. The smallest absolute Gasteiger partial charge is 0.225 e. The molecule has 0 N–H and O–H groups in total. The van der Waals surface area contributed by atoms with Crippen molar-refractivity contribution in [3.05, 3.63) is 34.9 Å². The molecule has 0 spiro atoms. The summed E-state index contributed by atoms with van der Waals surface area (Å²) >= 11 is 0. The van der Waals surface area contributed by atoms with Crippen LogP contribution in [0, 0.1) is 5.92 Å². The SMILES string of the molecule is O=C(CCC(=O)N1CCN(C(=O)C2CCCC2)CC1)c1ccc2c(c1)CCC2. The topological polar surface area (TPSA) is 57.7 Å². The summed E-state index contributed by atoms with van der Waals surface area (Å²) in [5.41, 5.74) is 3.39. The Balaban J connectivity index is 1.23. The van der Waals surface area contributed by atoms with Crippen molar-refractivity contribution < 1.29 is 14.4 Å². The second-order valence-electron chi connectivity index (χ2n) is 8.45. The van der Waals surface area contributed by atoms with Crippen molar-refractivity contribution in [2.24, 2.45) is 5.92 Å². The first-order chi connectivity index (χ1) is 13.6. The van der Waals surface area contributed by atoms with Gasteiger partial charge >= 0.3 is 0 Å². The Morgan fingerprint density at radius 1 is 0.821 bits per heavy atom. The number of carbonyl (C=O) groups excluding carboxylic acids is 3. The zero-order chi connectivity index (χ0) is 19.5. The molecule has 0 aromatic heterocycles. The zero-order valence-electron chi connectivity index (χ0n) is 16.6. The maximum atomic E-state index is 12.5. The van der Waals surface area contributed by atoms with E-state index < -0.39 is 0 Å². The van der Waals surface area contributed by atoms with Crippen molar-refractivity contribution in [2.75, 3.05) is 26.2 Å². The first-order valence-electron chi connectivity index (χ1n) is 10.8. The second kappa shape index (κ2) is 8.46. The van der Waals surface area contributed by atoms with E-state index in [0.717, 1.165) is 44.1 Å². The first kappa shape index (κ1) is 19.2. The molecule has 4 rings (SSSR count). The average molecular weight is 383 g/mol. The third-order valence-corrected chi connectivity index (χ3v) is 6.63. The van der Waals surface area contributed by atoms with Gasteiger partial charge < -0.3 is 9.80 Å². The van der Waals surface area contributed by atoms with Crippen molar-refractivity contribution in [3.8, 4) is 0 Å². The quantitative estimate of drug-likeness (QED) is 0.736. The predicted octanol–water partition coefficient (Wildman–Crippen LogP) is 3.00. The van der Waals surface area contributed by atoms with Gasteiger partial charge in [-0.3, -0.25) is 14.4 Å². The lowest BCUT2D eigenvalue weighted by atomic mass is 10.0. The van der Waals surface area contributed by atoms with Gasteiger partial charge in [0, 0.05) is 50.5 Å². The van der Waals surface area contributed by atoms with E-state index in [9.17, 15) is 14.4 Å². The molecule has 0 radical (unpaired) electrons. The number of Topliss-reactive ketones (excluding diaryl/α,β-unsaturated/α-hetero) is 1. The zero-order valence-corrected chi connectivity index (χ0v) is 16.6. The largest absolute Gasteiger partial charge is 0.339 e. The third kappa shape index (κ3) is 4.13. The van der Waals surface area contributed by atoms with E-state index in [4.69, 9.17) is 0 Å². The molecule has 1 aliphatic heterocycles. The van der Waals surface area contributed by atoms with Gasteiger partial charge in [0.15, 0.2) is 5.78 Å². The molecule has 28 heavy (non-hydrogen) atoms. The van der Waals surface area contributed by atoms with Crippen molar-refractivity contribution in [3.63, 3.8) is 0 Å². The molecular weight excluding hydrogens is 352 g/mol. The highest BCUT2D eigenvalue weighted by atomic mass is 16.2. The van der Waals surface area contributed by atoms with Crippen molar-refractivity contribution in [1.82, 2.24) is 9.80 Å². The molecule has 1 aromatic rings. The highest BCUT2D eigenvalue weighted by molar-refractivity contribution is 5.98. The standard InChI is InChI=1S/C23H30N2O3/c26-21(20-9-8-17-6-3-7-19(17)16-20)10-11-22(27)24-12-14-25(15-13-24)23(28)18-4-1-2-5-18/h8-9,16,18H,1-7,10-15H2. The molecular formula is C23H30N2O3. The molecule has 2 fully saturated rings. The van der Waals surface area contributed by atoms with Gasteiger partial charge in [-0.15, -0.1) is 0 Å². The third-order valence-electron chi connectivity index (χ3n) is 6.63. The van der Waals surface area contributed by atoms with Crippen LogP contribution in [0.2, 0.25) is 0 Å². The molecule has 1 aromatic carbocycles. The van der Waals surface area contributed by atoms with Gasteiger partial charge in [-0.1, -0.05) is 25.0 Å². The summed E-state index contributed by atoms with van der Waals surface area (Å²) in [6.07, 6.45) is 8.20. The number of carbonyl (C=O) groups is 3. The van der Waals surface area contributed by atoms with E-state index in [2.05, 4.69) is 6.07 Å². The van der Waals surface area contributed by atoms with E-state index in [1.165, 1.54) is 17.5 Å². The van der Waals surface area contributed by atoms with Crippen molar-refractivity contribution >= 4 is 17.6 Å². The summed E-state index contributed by atoms with van der Waals surface area (Å²) in [5.74, 6) is 0.559.